The third-order valence-electron chi connectivity index (χ3n) is 5.02. The minimum absolute atomic E-state index is 0.0163. The number of para-hydroxylation sites is 1. The lowest BCUT2D eigenvalue weighted by atomic mass is 9.86. The van der Waals surface area contributed by atoms with E-state index in [2.05, 4.69) is 31.4 Å². The van der Waals surface area contributed by atoms with Gasteiger partial charge in [0.25, 0.3) is 11.8 Å². The fourth-order valence-corrected chi connectivity index (χ4v) is 3.17. The molecule has 5 heteroatoms. The smallest absolute Gasteiger partial charge is 0.255 e. The van der Waals surface area contributed by atoms with Gasteiger partial charge in [0.05, 0.1) is 18.4 Å². The van der Waals surface area contributed by atoms with Gasteiger partial charge in [-0.1, -0.05) is 57.2 Å². The first kappa shape index (κ1) is 22.1. The van der Waals surface area contributed by atoms with E-state index in [1.807, 2.05) is 36.4 Å². The van der Waals surface area contributed by atoms with E-state index >= 15 is 0 Å². The zero-order valence-electron chi connectivity index (χ0n) is 18.4. The third kappa shape index (κ3) is 5.72. The van der Waals surface area contributed by atoms with Crippen LogP contribution in [0.25, 0.3) is 0 Å². The number of hydrogen-bond donors (Lipinski definition) is 2. The first-order valence-corrected chi connectivity index (χ1v) is 10.2. The van der Waals surface area contributed by atoms with Crippen LogP contribution in [-0.4, -0.2) is 18.9 Å². The van der Waals surface area contributed by atoms with Gasteiger partial charge in [-0.2, -0.15) is 0 Å². The average Bonchev–Trinajstić information content (AvgIpc) is 2.77. The van der Waals surface area contributed by atoms with Crippen molar-refractivity contribution >= 4 is 17.5 Å². The number of benzene rings is 3. The van der Waals surface area contributed by atoms with Crippen molar-refractivity contribution in [1.29, 1.82) is 0 Å². The van der Waals surface area contributed by atoms with Gasteiger partial charge in [-0.15, -0.1) is 0 Å². The van der Waals surface area contributed by atoms with E-state index < -0.39 is 0 Å². The number of anilines is 1. The number of rotatable bonds is 6. The monoisotopic (exact) mass is 416 g/mol. The minimum Gasteiger partial charge on any atom is -0.497 e. The van der Waals surface area contributed by atoms with Gasteiger partial charge in [-0.05, 0) is 52.9 Å². The molecule has 0 aliphatic rings. The van der Waals surface area contributed by atoms with E-state index in [1.165, 1.54) is 0 Å². The Labute approximate surface area is 183 Å². The zero-order valence-corrected chi connectivity index (χ0v) is 18.4. The van der Waals surface area contributed by atoms with Gasteiger partial charge in [-0.3, -0.25) is 9.59 Å². The summed E-state index contributed by atoms with van der Waals surface area (Å²) in [5.74, 6) is 0.215. The van der Waals surface area contributed by atoms with E-state index in [4.69, 9.17) is 4.74 Å². The molecule has 160 valence electrons. The number of nitrogens with one attached hydrogen (secondary N) is 2. The van der Waals surface area contributed by atoms with Gasteiger partial charge < -0.3 is 15.4 Å². The summed E-state index contributed by atoms with van der Waals surface area (Å²) in [5, 5.41) is 5.76. The number of hydrogen-bond acceptors (Lipinski definition) is 3. The zero-order chi connectivity index (χ0) is 22.4. The summed E-state index contributed by atoms with van der Waals surface area (Å²) in [7, 11) is 1.60. The Hall–Kier alpha value is -3.60. The van der Waals surface area contributed by atoms with Gasteiger partial charge in [0.15, 0.2) is 0 Å². The standard InChI is InChI=1S/C26H28N2O3/c1-26(2,3)20-14-12-19(13-15-20)24(29)28-23-11-6-5-10-22(23)25(30)27-17-18-8-7-9-21(16-18)31-4/h5-16H,17H2,1-4H3,(H,27,30)(H,28,29). The molecule has 0 bridgehead atoms. The molecule has 0 radical (unpaired) electrons. The molecule has 0 heterocycles. The van der Waals surface area contributed by atoms with E-state index in [9.17, 15) is 9.59 Å². The quantitative estimate of drug-likeness (QED) is 0.582. The van der Waals surface area contributed by atoms with Crippen molar-refractivity contribution in [3.05, 3.63) is 95.1 Å². The van der Waals surface area contributed by atoms with E-state index in [-0.39, 0.29) is 17.2 Å². The van der Waals surface area contributed by atoms with E-state index in [0.29, 0.717) is 23.4 Å². The number of methoxy groups -OCH3 is 1. The third-order valence-corrected chi connectivity index (χ3v) is 5.02. The summed E-state index contributed by atoms with van der Waals surface area (Å²) in [6, 6.07) is 22.0. The first-order valence-electron chi connectivity index (χ1n) is 10.2. The highest BCUT2D eigenvalue weighted by atomic mass is 16.5. The molecule has 3 aromatic rings. The Morgan fingerprint density at radius 2 is 1.58 bits per heavy atom. The Morgan fingerprint density at radius 3 is 2.26 bits per heavy atom. The Balaban J connectivity index is 1.70. The summed E-state index contributed by atoms with van der Waals surface area (Å²) < 4.78 is 5.22. The molecule has 0 aliphatic carbocycles. The second kappa shape index (κ2) is 9.47. The van der Waals surface area contributed by atoms with Crippen molar-refractivity contribution in [2.45, 2.75) is 32.7 Å². The van der Waals surface area contributed by atoms with Gasteiger partial charge in [0.1, 0.15) is 5.75 Å². The van der Waals surface area contributed by atoms with Crippen LogP contribution in [0.5, 0.6) is 5.75 Å². The van der Waals surface area contributed by atoms with Crippen LogP contribution >= 0.6 is 0 Å². The molecule has 0 saturated carbocycles. The van der Waals surface area contributed by atoms with Crippen LogP contribution in [-0.2, 0) is 12.0 Å². The molecule has 0 atom stereocenters. The molecule has 2 amide bonds. The van der Waals surface area contributed by atoms with Crippen molar-refractivity contribution in [3.8, 4) is 5.75 Å². The second-order valence-electron chi connectivity index (χ2n) is 8.36. The Bertz CT molecular complexity index is 1070. The van der Waals surface area contributed by atoms with Crippen LogP contribution in [0.3, 0.4) is 0 Å². The number of carbonyl (C=O) groups is 2. The topological polar surface area (TPSA) is 67.4 Å². The second-order valence-corrected chi connectivity index (χ2v) is 8.36. The molecule has 3 rings (SSSR count). The predicted octanol–water partition coefficient (Wildman–Crippen LogP) is 5.18. The van der Waals surface area contributed by atoms with Crippen molar-refractivity contribution in [2.24, 2.45) is 0 Å². The van der Waals surface area contributed by atoms with Crippen LogP contribution in [0, 0.1) is 0 Å². The maximum absolute atomic E-state index is 12.8. The van der Waals surface area contributed by atoms with Crippen molar-refractivity contribution < 1.29 is 14.3 Å². The molecule has 2 N–H and O–H groups in total. The predicted molar refractivity (Wildman–Crippen MR) is 124 cm³/mol. The molecule has 31 heavy (non-hydrogen) atoms. The van der Waals surface area contributed by atoms with Gasteiger partial charge >= 0.3 is 0 Å². The van der Waals surface area contributed by atoms with Crippen LogP contribution in [0.4, 0.5) is 5.69 Å². The molecule has 3 aromatic carbocycles. The molecular formula is C26H28N2O3. The largest absolute Gasteiger partial charge is 0.497 e. The van der Waals surface area contributed by atoms with Crippen molar-refractivity contribution in [1.82, 2.24) is 5.32 Å². The lowest BCUT2D eigenvalue weighted by Crippen LogP contribution is -2.25. The number of amides is 2. The highest BCUT2D eigenvalue weighted by Gasteiger charge is 2.16. The fraction of sp³-hybridized carbons (Fsp3) is 0.231. The van der Waals surface area contributed by atoms with Gasteiger partial charge in [-0.25, -0.2) is 0 Å². The lowest BCUT2D eigenvalue weighted by molar-refractivity contribution is 0.0951. The number of ether oxygens (including phenoxy) is 1. The van der Waals surface area contributed by atoms with Crippen molar-refractivity contribution in [2.75, 3.05) is 12.4 Å². The average molecular weight is 417 g/mol. The minimum atomic E-state index is -0.262. The maximum atomic E-state index is 12.8. The van der Waals surface area contributed by atoms with Gasteiger partial charge in [0.2, 0.25) is 0 Å². The molecule has 0 aromatic heterocycles. The fourth-order valence-electron chi connectivity index (χ4n) is 3.17. The molecule has 5 nitrogen and oxygen atoms in total. The highest BCUT2D eigenvalue weighted by molar-refractivity contribution is 6.09. The van der Waals surface area contributed by atoms with E-state index in [0.717, 1.165) is 16.9 Å². The molecular weight excluding hydrogens is 388 g/mol. The normalized spacial score (nSPS) is 11.0. The summed E-state index contributed by atoms with van der Waals surface area (Å²) >= 11 is 0. The lowest BCUT2D eigenvalue weighted by Gasteiger charge is -2.19. The molecule has 0 unspecified atom stereocenters. The Kier molecular flexibility index (Phi) is 6.75. The summed E-state index contributed by atoms with van der Waals surface area (Å²) in [6.07, 6.45) is 0. The molecule has 0 saturated heterocycles. The SMILES string of the molecule is COc1cccc(CNC(=O)c2ccccc2NC(=O)c2ccc(C(C)(C)C)cc2)c1. The maximum Gasteiger partial charge on any atom is 0.255 e. The van der Waals surface area contributed by atoms with Crippen molar-refractivity contribution in [3.63, 3.8) is 0 Å². The molecule has 0 fully saturated rings. The summed E-state index contributed by atoms with van der Waals surface area (Å²) in [4.78, 5) is 25.5. The summed E-state index contributed by atoms with van der Waals surface area (Å²) in [5.41, 5.74) is 3.51. The molecule has 0 spiro atoms. The molecule has 0 aliphatic heterocycles. The number of carbonyl (C=O) groups excluding carboxylic acids is 2. The first-order chi connectivity index (χ1) is 14.8. The highest BCUT2D eigenvalue weighted by Crippen LogP contribution is 2.23. The van der Waals surface area contributed by atoms with Gasteiger partial charge in [0, 0.05) is 12.1 Å². The Morgan fingerprint density at radius 1 is 0.871 bits per heavy atom. The van der Waals surface area contributed by atoms with E-state index in [1.54, 1.807) is 43.5 Å². The van der Waals surface area contributed by atoms with Crippen LogP contribution in [0.15, 0.2) is 72.8 Å². The van der Waals surface area contributed by atoms with Crippen LogP contribution < -0.4 is 15.4 Å². The van der Waals surface area contributed by atoms with Crippen LogP contribution in [0.1, 0.15) is 52.6 Å². The van der Waals surface area contributed by atoms with Crippen LogP contribution in [0.2, 0.25) is 0 Å². The summed E-state index contributed by atoms with van der Waals surface area (Å²) in [6.45, 7) is 6.74.